The molecule has 3 N–H and O–H groups in total. The summed E-state index contributed by atoms with van der Waals surface area (Å²) in [6.07, 6.45) is 3.68. The number of nitrogens with zero attached hydrogens (tertiary/aromatic N) is 3. The van der Waals surface area contributed by atoms with E-state index in [1.165, 1.54) is 0 Å². The summed E-state index contributed by atoms with van der Waals surface area (Å²) in [5, 5.41) is 0. The summed E-state index contributed by atoms with van der Waals surface area (Å²) < 4.78 is 16.2. The van der Waals surface area contributed by atoms with Crippen molar-refractivity contribution in [1.82, 2.24) is 15.0 Å². The van der Waals surface area contributed by atoms with Gasteiger partial charge in [0.2, 0.25) is 5.95 Å². The molecule has 0 saturated carbocycles. The first kappa shape index (κ1) is 18.1. The van der Waals surface area contributed by atoms with Crippen LogP contribution in [-0.4, -0.2) is 55.5 Å². The van der Waals surface area contributed by atoms with Gasteiger partial charge in [0, 0.05) is 36.6 Å². The lowest BCUT2D eigenvalue weighted by Gasteiger charge is -2.27. The molecule has 0 spiro atoms. The van der Waals surface area contributed by atoms with Gasteiger partial charge in [0.15, 0.2) is 11.5 Å². The van der Waals surface area contributed by atoms with Gasteiger partial charge in [-0.2, -0.15) is 0 Å². The highest BCUT2D eigenvalue weighted by Gasteiger charge is 2.17. The Morgan fingerprint density at radius 3 is 2.61 bits per heavy atom. The van der Waals surface area contributed by atoms with Crippen LogP contribution in [0.5, 0.6) is 11.5 Å². The third kappa shape index (κ3) is 3.46. The zero-order valence-electron chi connectivity index (χ0n) is 15.9. The van der Waals surface area contributed by atoms with Gasteiger partial charge in [0.05, 0.1) is 33.1 Å². The number of morpholine rings is 1. The van der Waals surface area contributed by atoms with Gasteiger partial charge in [0.25, 0.3) is 0 Å². The first-order valence-electron chi connectivity index (χ1n) is 9.06. The number of methoxy groups -OCH3 is 2. The van der Waals surface area contributed by atoms with E-state index in [0.29, 0.717) is 11.5 Å². The van der Waals surface area contributed by atoms with Crippen molar-refractivity contribution in [2.45, 2.75) is 0 Å². The monoisotopic (exact) mass is 381 g/mol. The number of hydrogen-bond donors (Lipinski definition) is 2. The quantitative estimate of drug-likeness (QED) is 0.701. The highest BCUT2D eigenvalue weighted by Crippen LogP contribution is 2.37. The second-order valence-corrected chi connectivity index (χ2v) is 6.43. The molecular weight excluding hydrogens is 358 g/mol. The Hall–Kier alpha value is -3.26. The highest BCUT2D eigenvalue weighted by molar-refractivity contribution is 5.82. The Kier molecular flexibility index (Phi) is 5.03. The van der Waals surface area contributed by atoms with E-state index < -0.39 is 0 Å². The summed E-state index contributed by atoms with van der Waals surface area (Å²) in [6.45, 7) is 3.17. The molecule has 4 rings (SSSR count). The lowest BCUT2D eigenvalue weighted by molar-refractivity contribution is 0.122. The van der Waals surface area contributed by atoms with Crippen molar-refractivity contribution in [1.29, 1.82) is 0 Å². The van der Waals surface area contributed by atoms with Crippen LogP contribution in [0.3, 0.4) is 0 Å². The number of nitrogens with two attached hydrogens (primary N) is 1. The third-order valence-corrected chi connectivity index (χ3v) is 4.79. The Balaban J connectivity index is 1.74. The smallest absolute Gasteiger partial charge is 0.220 e. The van der Waals surface area contributed by atoms with Gasteiger partial charge in [0.1, 0.15) is 5.82 Å². The van der Waals surface area contributed by atoms with E-state index in [9.17, 15) is 0 Å². The van der Waals surface area contributed by atoms with E-state index in [0.717, 1.165) is 54.5 Å². The molecule has 0 bridgehead atoms. The zero-order valence-corrected chi connectivity index (χ0v) is 15.9. The molecule has 0 amide bonds. The maximum Gasteiger partial charge on any atom is 0.220 e. The number of nitrogen functional groups attached to an aromatic ring is 1. The number of rotatable bonds is 5. The number of anilines is 2. The number of ether oxygens (including phenoxy) is 3. The van der Waals surface area contributed by atoms with Crippen LogP contribution in [0, 0.1) is 0 Å². The molecule has 3 heterocycles. The van der Waals surface area contributed by atoms with Gasteiger partial charge in [-0.15, -0.1) is 0 Å². The normalized spacial score (nSPS) is 14.1. The minimum Gasteiger partial charge on any atom is -0.493 e. The molecule has 0 unspecified atom stereocenters. The lowest BCUT2D eigenvalue weighted by atomic mass is 10.0. The largest absolute Gasteiger partial charge is 0.493 e. The van der Waals surface area contributed by atoms with E-state index in [2.05, 4.69) is 25.9 Å². The maximum absolute atomic E-state index is 5.89. The van der Waals surface area contributed by atoms with Gasteiger partial charge in [-0.3, -0.25) is 0 Å². The van der Waals surface area contributed by atoms with Crippen LogP contribution in [0.4, 0.5) is 11.8 Å². The SMILES string of the molecule is COc1ccc(-c2cnc(N)nc2-c2c[nH]c(N3CCOCC3)c2)cc1OC. The van der Waals surface area contributed by atoms with Crippen LogP contribution in [0.1, 0.15) is 0 Å². The molecule has 1 aliphatic heterocycles. The van der Waals surface area contributed by atoms with Gasteiger partial charge in [-0.1, -0.05) is 6.07 Å². The summed E-state index contributed by atoms with van der Waals surface area (Å²) in [6, 6.07) is 7.81. The molecule has 0 radical (unpaired) electrons. The van der Waals surface area contributed by atoms with E-state index in [4.69, 9.17) is 19.9 Å². The molecule has 146 valence electrons. The van der Waals surface area contributed by atoms with E-state index in [-0.39, 0.29) is 5.95 Å². The summed E-state index contributed by atoms with van der Waals surface area (Å²) in [7, 11) is 3.23. The molecule has 0 atom stereocenters. The molecule has 1 aromatic carbocycles. The minimum atomic E-state index is 0.230. The van der Waals surface area contributed by atoms with Crippen LogP contribution in [-0.2, 0) is 4.74 Å². The second kappa shape index (κ2) is 7.77. The highest BCUT2D eigenvalue weighted by atomic mass is 16.5. The molecule has 28 heavy (non-hydrogen) atoms. The Morgan fingerprint density at radius 1 is 1.07 bits per heavy atom. The van der Waals surface area contributed by atoms with E-state index in [1.54, 1.807) is 20.4 Å². The van der Waals surface area contributed by atoms with Crippen LogP contribution in [0.2, 0.25) is 0 Å². The molecule has 0 aliphatic carbocycles. The molecule has 8 heteroatoms. The lowest BCUT2D eigenvalue weighted by Crippen LogP contribution is -2.36. The van der Waals surface area contributed by atoms with Crippen LogP contribution >= 0.6 is 0 Å². The first-order chi connectivity index (χ1) is 13.7. The summed E-state index contributed by atoms with van der Waals surface area (Å²) in [5.74, 6) is 2.58. The fourth-order valence-electron chi connectivity index (χ4n) is 3.34. The van der Waals surface area contributed by atoms with Crippen LogP contribution < -0.4 is 20.1 Å². The van der Waals surface area contributed by atoms with E-state index in [1.807, 2.05) is 24.4 Å². The summed E-state index contributed by atoms with van der Waals surface area (Å²) in [4.78, 5) is 14.3. The number of H-pyrrole nitrogens is 1. The maximum atomic E-state index is 5.89. The van der Waals surface area contributed by atoms with Crippen molar-refractivity contribution in [3.05, 3.63) is 36.7 Å². The van der Waals surface area contributed by atoms with Gasteiger partial charge in [-0.05, 0) is 23.8 Å². The van der Waals surface area contributed by atoms with Crippen molar-refractivity contribution in [2.24, 2.45) is 0 Å². The molecule has 3 aromatic rings. The number of nitrogens with one attached hydrogen (secondary N) is 1. The van der Waals surface area contributed by atoms with E-state index >= 15 is 0 Å². The van der Waals surface area contributed by atoms with Crippen molar-refractivity contribution in [3.63, 3.8) is 0 Å². The number of hydrogen-bond acceptors (Lipinski definition) is 7. The van der Waals surface area contributed by atoms with Crippen molar-refractivity contribution in [2.75, 3.05) is 51.2 Å². The molecule has 1 aliphatic rings. The van der Waals surface area contributed by atoms with Crippen molar-refractivity contribution in [3.8, 4) is 33.9 Å². The molecular formula is C20H23N5O3. The standard InChI is InChI=1S/C20H23N5O3/c1-26-16-4-3-13(9-17(16)27-2)15-12-23-20(21)24-19(15)14-10-18(22-11-14)25-5-7-28-8-6-25/h3-4,9-12,22H,5-8H2,1-2H3,(H2,21,23,24). The number of benzene rings is 1. The van der Waals surface area contributed by atoms with Gasteiger partial charge in [-0.25, -0.2) is 9.97 Å². The summed E-state index contributed by atoms with van der Waals surface area (Å²) >= 11 is 0. The topological polar surface area (TPSA) is 98.5 Å². The molecule has 8 nitrogen and oxygen atoms in total. The fourth-order valence-corrected chi connectivity index (χ4v) is 3.34. The van der Waals surface area contributed by atoms with Crippen molar-refractivity contribution < 1.29 is 14.2 Å². The van der Waals surface area contributed by atoms with Gasteiger partial charge < -0.3 is 29.8 Å². The predicted molar refractivity (Wildman–Crippen MR) is 108 cm³/mol. The fraction of sp³-hybridized carbons (Fsp3) is 0.300. The number of aromatic nitrogens is 3. The third-order valence-electron chi connectivity index (χ3n) is 4.79. The first-order valence-corrected chi connectivity index (χ1v) is 9.06. The van der Waals surface area contributed by atoms with Crippen molar-refractivity contribution >= 4 is 11.8 Å². The second-order valence-electron chi connectivity index (χ2n) is 6.43. The average Bonchev–Trinajstić information content (AvgIpc) is 3.24. The molecule has 1 fully saturated rings. The molecule has 2 aromatic heterocycles. The predicted octanol–water partition coefficient (Wildman–Crippen LogP) is 2.57. The molecule has 1 saturated heterocycles. The van der Waals surface area contributed by atoms with Crippen LogP contribution in [0.25, 0.3) is 22.4 Å². The zero-order chi connectivity index (χ0) is 19.5. The Labute approximate surface area is 163 Å². The van der Waals surface area contributed by atoms with Gasteiger partial charge >= 0.3 is 0 Å². The Morgan fingerprint density at radius 2 is 1.86 bits per heavy atom. The average molecular weight is 381 g/mol. The summed E-state index contributed by atoms with van der Waals surface area (Å²) in [5.41, 5.74) is 9.38. The minimum absolute atomic E-state index is 0.230. The van der Waals surface area contributed by atoms with Crippen LogP contribution in [0.15, 0.2) is 36.7 Å². The number of aromatic amines is 1. The Bertz CT molecular complexity index is 966.